The lowest BCUT2D eigenvalue weighted by Gasteiger charge is -2.32. The first-order valence-electron chi connectivity index (χ1n) is 9.37. The SMILES string of the molecule is O=C(O)C(F)(F)F.O=C(OCc1ccccc1)N1CCC(OC2CCNC2)CC1. The first-order valence-corrected chi connectivity index (χ1v) is 9.37. The summed E-state index contributed by atoms with van der Waals surface area (Å²) in [5.74, 6) is -2.76. The molecule has 10 heteroatoms. The summed E-state index contributed by atoms with van der Waals surface area (Å²) in [6.07, 6.45) is -1.78. The number of aliphatic carboxylic acids is 1. The fourth-order valence-corrected chi connectivity index (χ4v) is 3.00. The number of carbonyl (C=O) groups excluding carboxylic acids is 1. The summed E-state index contributed by atoms with van der Waals surface area (Å²) in [4.78, 5) is 22.8. The van der Waals surface area contributed by atoms with Crippen LogP contribution in [0.4, 0.5) is 18.0 Å². The van der Waals surface area contributed by atoms with Gasteiger partial charge >= 0.3 is 18.2 Å². The molecule has 2 N–H and O–H groups in total. The first-order chi connectivity index (χ1) is 13.8. The van der Waals surface area contributed by atoms with Crippen LogP contribution in [-0.2, 0) is 20.9 Å². The van der Waals surface area contributed by atoms with E-state index in [0.717, 1.165) is 51.0 Å². The zero-order chi connectivity index (χ0) is 21.3. The number of nitrogens with one attached hydrogen (secondary N) is 1. The number of hydrogen-bond acceptors (Lipinski definition) is 5. The molecule has 2 fully saturated rings. The smallest absolute Gasteiger partial charge is 0.475 e. The van der Waals surface area contributed by atoms with Gasteiger partial charge in [-0.3, -0.25) is 0 Å². The molecular weight excluding hydrogens is 393 g/mol. The number of carbonyl (C=O) groups is 2. The molecule has 2 heterocycles. The quantitative estimate of drug-likeness (QED) is 0.782. The summed E-state index contributed by atoms with van der Waals surface area (Å²) in [5.41, 5.74) is 1.02. The average Bonchev–Trinajstić information content (AvgIpc) is 3.20. The summed E-state index contributed by atoms with van der Waals surface area (Å²) in [6, 6.07) is 9.77. The molecule has 1 aromatic rings. The van der Waals surface area contributed by atoms with E-state index in [1.165, 1.54) is 0 Å². The Balaban J connectivity index is 0.000000370. The number of amides is 1. The van der Waals surface area contributed by atoms with Gasteiger partial charge < -0.3 is 24.8 Å². The van der Waals surface area contributed by atoms with Gasteiger partial charge in [-0.1, -0.05) is 30.3 Å². The number of carboxylic acid groups (broad SMARTS) is 1. The van der Waals surface area contributed by atoms with Crippen molar-refractivity contribution in [2.24, 2.45) is 0 Å². The van der Waals surface area contributed by atoms with Crippen molar-refractivity contribution >= 4 is 12.1 Å². The lowest BCUT2D eigenvalue weighted by molar-refractivity contribution is -0.192. The Morgan fingerprint density at radius 2 is 1.72 bits per heavy atom. The van der Waals surface area contributed by atoms with Gasteiger partial charge in [0.2, 0.25) is 0 Å². The van der Waals surface area contributed by atoms with Crippen LogP contribution in [0, 0.1) is 0 Å². The highest BCUT2D eigenvalue weighted by Crippen LogP contribution is 2.18. The Morgan fingerprint density at radius 1 is 1.10 bits per heavy atom. The topological polar surface area (TPSA) is 88.1 Å². The minimum Gasteiger partial charge on any atom is -0.475 e. The van der Waals surface area contributed by atoms with Gasteiger partial charge in [0.15, 0.2) is 0 Å². The normalized spacial score (nSPS) is 20.0. The zero-order valence-corrected chi connectivity index (χ0v) is 15.9. The molecule has 1 unspecified atom stereocenters. The third-order valence-corrected chi connectivity index (χ3v) is 4.55. The van der Waals surface area contributed by atoms with Crippen LogP contribution in [0.5, 0.6) is 0 Å². The molecular formula is C19H25F3N2O5. The van der Waals surface area contributed by atoms with Crippen LogP contribution in [0.2, 0.25) is 0 Å². The summed E-state index contributed by atoms with van der Waals surface area (Å²) in [7, 11) is 0. The van der Waals surface area contributed by atoms with Crippen molar-refractivity contribution in [3.63, 3.8) is 0 Å². The highest BCUT2D eigenvalue weighted by molar-refractivity contribution is 5.73. The van der Waals surface area contributed by atoms with Gasteiger partial charge in [0.05, 0.1) is 12.2 Å². The molecule has 1 atom stereocenters. The Morgan fingerprint density at radius 3 is 2.24 bits per heavy atom. The van der Waals surface area contributed by atoms with Gasteiger partial charge in [0.1, 0.15) is 6.61 Å². The van der Waals surface area contributed by atoms with Gasteiger partial charge in [0.25, 0.3) is 0 Å². The minimum atomic E-state index is -5.08. The van der Waals surface area contributed by atoms with Gasteiger partial charge in [-0.2, -0.15) is 13.2 Å². The van der Waals surface area contributed by atoms with Crippen molar-refractivity contribution in [2.75, 3.05) is 26.2 Å². The second-order valence-electron chi connectivity index (χ2n) is 6.78. The molecule has 0 aliphatic carbocycles. The van der Waals surface area contributed by atoms with E-state index in [9.17, 15) is 18.0 Å². The van der Waals surface area contributed by atoms with E-state index >= 15 is 0 Å². The maximum atomic E-state index is 12.1. The van der Waals surface area contributed by atoms with E-state index in [-0.39, 0.29) is 12.2 Å². The molecule has 0 aromatic heterocycles. The fourth-order valence-electron chi connectivity index (χ4n) is 3.00. The molecule has 29 heavy (non-hydrogen) atoms. The summed E-state index contributed by atoms with van der Waals surface area (Å²) in [6.45, 7) is 3.79. The third-order valence-electron chi connectivity index (χ3n) is 4.55. The number of alkyl halides is 3. The number of hydrogen-bond donors (Lipinski definition) is 2. The number of likely N-dealkylation sites (tertiary alicyclic amines) is 1. The van der Waals surface area contributed by atoms with Crippen molar-refractivity contribution in [1.82, 2.24) is 10.2 Å². The molecule has 0 spiro atoms. The van der Waals surface area contributed by atoms with Crippen LogP contribution in [0.25, 0.3) is 0 Å². The third kappa shape index (κ3) is 8.28. The second-order valence-corrected chi connectivity index (χ2v) is 6.78. The van der Waals surface area contributed by atoms with Crippen LogP contribution in [0.3, 0.4) is 0 Å². The Kier molecular flexibility index (Phi) is 8.71. The number of nitrogens with zero attached hydrogens (tertiary/aromatic N) is 1. The van der Waals surface area contributed by atoms with Crippen LogP contribution in [0.15, 0.2) is 30.3 Å². The van der Waals surface area contributed by atoms with Crippen LogP contribution in [-0.4, -0.2) is 66.6 Å². The highest BCUT2D eigenvalue weighted by Gasteiger charge is 2.38. The molecule has 2 aliphatic heterocycles. The van der Waals surface area contributed by atoms with Crippen molar-refractivity contribution in [3.05, 3.63) is 35.9 Å². The monoisotopic (exact) mass is 418 g/mol. The standard InChI is InChI=1S/C17H24N2O3.C2HF3O2/c20-17(21-13-14-4-2-1-3-5-14)19-10-7-15(8-11-19)22-16-6-9-18-12-16;3-2(4,5)1(6)7/h1-5,15-16,18H,6-13H2;(H,6,7). The van der Waals surface area contributed by atoms with E-state index in [4.69, 9.17) is 19.4 Å². The van der Waals surface area contributed by atoms with E-state index in [0.29, 0.717) is 12.7 Å². The molecule has 2 aliphatic rings. The molecule has 7 nitrogen and oxygen atoms in total. The number of rotatable bonds is 4. The maximum absolute atomic E-state index is 12.1. The second kappa shape index (κ2) is 11.0. The molecule has 0 radical (unpaired) electrons. The summed E-state index contributed by atoms with van der Waals surface area (Å²) >= 11 is 0. The van der Waals surface area contributed by atoms with Gasteiger partial charge in [-0.05, 0) is 31.4 Å². The predicted octanol–water partition coefficient (Wildman–Crippen LogP) is 2.80. The predicted molar refractivity (Wildman–Crippen MR) is 97.3 cm³/mol. The van der Waals surface area contributed by atoms with E-state index < -0.39 is 12.1 Å². The van der Waals surface area contributed by atoms with Crippen LogP contribution >= 0.6 is 0 Å². The lowest BCUT2D eigenvalue weighted by Crippen LogP contribution is -2.42. The number of halogens is 3. The number of ether oxygens (including phenoxy) is 2. The molecule has 1 amide bonds. The minimum absolute atomic E-state index is 0.218. The Hall–Kier alpha value is -2.33. The lowest BCUT2D eigenvalue weighted by atomic mass is 10.1. The molecule has 3 rings (SSSR count). The highest BCUT2D eigenvalue weighted by atomic mass is 19.4. The van der Waals surface area contributed by atoms with Gasteiger partial charge in [-0.25, -0.2) is 9.59 Å². The van der Waals surface area contributed by atoms with E-state index in [1.807, 2.05) is 30.3 Å². The molecule has 0 bridgehead atoms. The number of benzene rings is 1. The Bertz CT molecular complexity index is 643. The first kappa shape index (κ1) is 23.0. The number of piperidine rings is 1. The largest absolute Gasteiger partial charge is 0.490 e. The average molecular weight is 418 g/mol. The maximum Gasteiger partial charge on any atom is 0.490 e. The molecule has 2 saturated heterocycles. The zero-order valence-electron chi connectivity index (χ0n) is 15.9. The van der Waals surface area contributed by atoms with Crippen molar-refractivity contribution < 1.29 is 37.3 Å². The van der Waals surface area contributed by atoms with Gasteiger partial charge in [-0.15, -0.1) is 0 Å². The fraction of sp³-hybridized carbons (Fsp3) is 0.579. The molecule has 1 aromatic carbocycles. The van der Waals surface area contributed by atoms with E-state index in [1.54, 1.807) is 4.90 Å². The summed E-state index contributed by atoms with van der Waals surface area (Å²) in [5, 5.41) is 10.4. The van der Waals surface area contributed by atoms with Crippen molar-refractivity contribution in [3.8, 4) is 0 Å². The van der Waals surface area contributed by atoms with Crippen LogP contribution < -0.4 is 5.32 Å². The molecule has 162 valence electrons. The van der Waals surface area contributed by atoms with Crippen molar-refractivity contribution in [2.45, 2.75) is 44.3 Å². The van der Waals surface area contributed by atoms with Crippen LogP contribution in [0.1, 0.15) is 24.8 Å². The summed E-state index contributed by atoms with van der Waals surface area (Å²) < 4.78 is 43.2. The number of carboxylic acids is 1. The molecule has 0 saturated carbocycles. The Labute approximate surface area is 166 Å². The van der Waals surface area contributed by atoms with E-state index in [2.05, 4.69) is 5.32 Å². The van der Waals surface area contributed by atoms with Crippen molar-refractivity contribution in [1.29, 1.82) is 0 Å². The van der Waals surface area contributed by atoms with Gasteiger partial charge in [0, 0.05) is 19.6 Å².